The van der Waals surface area contributed by atoms with Crippen LogP contribution < -0.4 is 10.1 Å². The van der Waals surface area contributed by atoms with Crippen LogP contribution >= 0.6 is 11.3 Å². The number of carbonyl (C=O) groups excluding carboxylic acids is 1. The zero-order valence-corrected chi connectivity index (χ0v) is 17.0. The summed E-state index contributed by atoms with van der Waals surface area (Å²) in [6.45, 7) is 6.13. The van der Waals surface area contributed by atoms with E-state index in [4.69, 9.17) is 4.74 Å². The first-order chi connectivity index (χ1) is 13.6. The van der Waals surface area contributed by atoms with Gasteiger partial charge in [0.25, 0.3) is 5.91 Å². The Morgan fingerprint density at radius 3 is 2.71 bits per heavy atom. The topological polar surface area (TPSA) is 67.3 Å². The second kappa shape index (κ2) is 8.14. The zero-order valence-electron chi connectivity index (χ0n) is 16.1. The maximum atomic E-state index is 12.8. The van der Waals surface area contributed by atoms with Crippen molar-refractivity contribution in [3.63, 3.8) is 0 Å². The number of likely N-dealkylation sites (tertiary alicyclic amines) is 1. The highest BCUT2D eigenvalue weighted by Crippen LogP contribution is 2.29. The lowest BCUT2D eigenvalue weighted by Crippen LogP contribution is -2.42. The lowest BCUT2D eigenvalue weighted by Gasteiger charge is -2.32. The molecule has 1 N–H and O–H groups in total. The Morgan fingerprint density at radius 2 is 2.00 bits per heavy atom. The minimum atomic E-state index is 0.0828. The first-order valence-corrected chi connectivity index (χ1v) is 10.5. The van der Waals surface area contributed by atoms with Crippen LogP contribution in [0, 0.1) is 6.92 Å². The van der Waals surface area contributed by atoms with E-state index in [0.29, 0.717) is 18.2 Å². The number of aryl methyl sites for hydroxylation is 1. The van der Waals surface area contributed by atoms with Crippen molar-refractivity contribution in [3.8, 4) is 5.75 Å². The predicted octanol–water partition coefficient (Wildman–Crippen LogP) is 4.12. The molecule has 0 atom stereocenters. The molecule has 1 saturated heterocycles. The van der Waals surface area contributed by atoms with Crippen molar-refractivity contribution in [2.75, 3.05) is 25.0 Å². The average Bonchev–Trinajstić information content (AvgIpc) is 3.10. The average molecular weight is 397 g/mol. The van der Waals surface area contributed by atoms with Crippen LogP contribution in [0.25, 0.3) is 10.2 Å². The van der Waals surface area contributed by atoms with Crippen LogP contribution in [0.5, 0.6) is 5.75 Å². The number of piperidine rings is 1. The van der Waals surface area contributed by atoms with Gasteiger partial charge in [0.1, 0.15) is 22.7 Å². The SMILES string of the molecule is CCOc1ccc(C(=O)N2CCC(Nc3ncnc4sc(C)cc34)CC2)cc1. The van der Waals surface area contributed by atoms with Crippen LogP contribution in [-0.2, 0) is 0 Å². The van der Waals surface area contributed by atoms with E-state index in [1.807, 2.05) is 36.1 Å². The summed E-state index contributed by atoms with van der Waals surface area (Å²) in [5, 5.41) is 4.64. The molecule has 1 amide bonds. The molecule has 0 radical (unpaired) electrons. The van der Waals surface area contributed by atoms with Crippen LogP contribution in [-0.4, -0.2) is 46.5 Å². The minimum absolute atomic E-state index is 0.0828. The Bertz CT molecular complexity index is 962. The van der Waals surface area contributed by atoms with Crippen molar-refractivity contribution in [2.24, 2.45) is 0 Å². The summed E-state index contributed by atoms with van der Waals surface area (Å²) in [5.41, 5.74) is 0.709. The van der Waals surface area contributed by atoms with E-state index in [-0.39, 0.29) is 5.91 Å². The van der Waals surface area contributed by atoms with Gasteiger partial charge in [-0.05, 0) is 57.0 Å². The van der Waals surface area contributed by atoms with Gasteiger partial charge in [0.05, 0.1) is 12.0 Å². The molecule has 0 aliphatic carbocycles. The van der Waals surface area contributed by atoms with Gasteiger partial charge in [0.2, 0.25) is 0 Å². The zero-order chi connectivity index (χ0) is 19.5. The van der Waals surface area contributed by atoms with Crippen LogP contribution in [0.3, 0.4) is 0 Å². The fraction of sp³-hybridized carbons (Fsp3) is 0.381. The Kier molecular flexibility index (Phi) is 5.43. The Balaban J connectivity index is 1.37. The number of aromatic nitrogens is 2. The van der Waals surface area contributed by atoms with Crippen molar-refractivity contribution < 1.29 is 9.53 Å². The van der Waals surface area contributed by atoms with E-state index in [1.165, 1.54) is 4.88 Å². The monoisotopic (exact) mass is 396 g/mol. The third kappa shape index (κ3) is 3.94. The number of amides is 1. The molecule has 1 aromatic carbocycles. The highest BCUT2D eigenvalue weighted by Gasteiger charge is 2.24. The molecule has 2 aromatic heterocycles. The van der Waals surface area contributed by atoms with Crippen molar-refractivity contribution in [1.29, 1.82) is 0 Å². The Morgan fingerprint density at radius 1 is 1.25 bits per heavy atom. The Labute approximate surface area is 168 Å². The van der Waals surface area contributed by atoms with Gasteiger partial charge in [-0.2, -0.15) is 0 Å². The maximum absolute atomic E-state index is 12.8. The predicted molar refractivity (Wildman–Crippen MR) is 112 cm³/mol. The normalized spacial score (nSPS) is 15.0. The number of fused-ring (bicyclic) bond motifs is 1. The minimum Gasteiger partial charge on any atom is -0.494 e. The van der Waals surface area contributed by atoms with E-state index in [1.54, 1.807) is 17.7 Å². The maximum Gasteiger partial charge on any atom is 0.253 e. The number of thiophene rings is 1. The van der Waals surface area contributed by atoms with Gasteiger partial charge in [-0.3, -0.25) is 4.79 Å². The molecule has 3 heterocycles. The molecule has 3 aromatic rings. The summed E-state index contributed by atoms with van der Waals surface area (Å²) >= 11 is 1.68. The number of benzene rings is 1. The quantitative estimate of drug-likeness (QED) is 0.703. The van der Waals surface area contributed by atoms with Gasteiger partial charge < -0.3 is 15.0 Å². The summed E-state index contributed by atoms with van der Waals surface area (Å²) in [4.78, 5) is 25.7. The van der Waals surface area contributed by atoms with E-state index in [2.05, 4.69) is 28.3 Å². The standard InChI is InChI=1S/C21H24N4O2S/c1-3-27-17-6-4-15(5-7-17)21(26)25-10-8-16(9-11-25)24-19-18-12-14(2)28-20(18)23-13-22-19/h4-7,12-13,16H,3,8-11H2,1-2H3,(H,22,23,24). The largest absolute Gasteiger partial charge is 0.494 e. The number of rotatable bonds is 5. The molecule has 1 aliphatic rings. The smallest absolute Gasteiger partial charge is 0.253 e. The van der Waals surface area contributed by atoms with E-state index >= 15 is 0 Å². The van der Waals surface area contributed by atoms with Crippen molar-refractivity contribution in [3.05, 3.63) is 47.1 Å². The Hall–Kier alpha value is -2.67. The first kappa shape index (κ1) is 18.7. The molecule has 4 rings (SSSR count). The fourth-order valence-corrected chi connectivity index (χ4v) is 4.40. The van der Waals surface area contributed by atoms with Gasteiger partial charge in [-0.1, -0.05) is 0 Å². The number of hydrogen-bond acceptors (Lipinski definition) is 6. The number of nitrogens with one attached hydrogen (secondary N) is 1. The first-order valence-electron chi connectivity index (χ1n) is 9.64. The molecule has 28 heavy (non-hydrogen) atoms. The van der Waals surface area contributed by atoms with Gasteiger partial charge in [-0.15, -0.1) is 11.3 Å². The fourth-order valence-electron chi connectivity index (χ4n) is 3.55. The van der Waals surface area contributed by atoms with Crippen LogP contribution in [0.2, 0.25) is 0 Å². The van der Waals surface area contributed by atoms with Gasteiger partial charge in [0, 0.05) is 29.6 Å². The third-order valence-corrected chi connectivity index (χ3v) is 5.95. The van der Waals surface area contributed by atoms with Gasteiger partial charge in [-0.25, -0.2) is 9.97 Å². The summed E-state index contributed by atoms with van der Waals surface area (Å²) in [7, 11) is 0. The molecule has 0 bridgehead atoms. The van der Waals surface area contributed by atoms with Crippen LogP contribution in [0.1, 0.15) is 35.0 Å². The number of anilines is 1. The molecular weight excluding hydrogens is 372 g/mol. The lowest BCUT2D eigenvalue weighted by molar-refractivity contribution is 0.0718. The van der Waals surface area contributed by atoms with E-state index in [0.717, 1.165) is 47.7 Å². The molecule has 0 saturated carbocycles. The second-order valence-electron chi connectivity index (χ2n) is 6.97. The van der Waals surface area contributed by atoms with Crippen molar-refractivity contribution >= 4 is 33.3 Å². The van der Waals surface area contributed by atoms with Gasteiger partial charge >= 0.3 is 0 Å². The summed E-state index contributed by atoms with van der Waals surface area (Å²) < 4.78 is 5.45. The number of hydrogen-bond donors (Lipinski definition) is 1. The number of carbonyl (C=O) groups is 1. The third-order valence-electron chi connectivity index (χ3n) is 4.99. The number of ether oxygens (including phenoxy) is 1. The van der Waals surface area contributed by atoms with E-state index in [9.17, 15) is 4.79 Å². The molecule has 0 unspecified atom stereocenters. The highest BCUT2D eigenvalue weighted by atomic mass is 32.1. The lowest BCUT2D eigenvalue weighted by atomic mass is 10.0. The molecule has 1 fully saturated rings. The highest BCUT2D eigenvalue weighted by molar-refractivity contribution is 7.18. The van der Waals surface area contributed by atoms with Crippen molar-refractivity contribution in [1.82, 2.24) is 14.9 Å². The van der Waals surface area contributed by atoms with Crippen LogP contribution in [0.15, 0.2) is 36.7 Å². The van der Waals surface area contributed by atoms with Crippen molar-refractivity contribution in [2.45, 2.75) is 32.7 Å². The summed E-state index contributed by atoms with van der Waals surface area (Å²) in [5.74, 6) is 1.77. The summed E-state index contributed by atoms with van der Waals surface area (Å²) in [6, 6.07) is 9.83. The number of nitrogens with zero attached hydrogens (tertiary/aromatic N) is 3. The second-order valence-corrected chi connectivity index (χ2v) is 8.20. The molecule has 6 nitrogen and oxygen atoms in total. The van der Waals surface area contributed by atoms with E-state index < -0.39 is 0 Å². The molecular formula is C21H24N4O2S. The van der Waals surface area contributed by atoms with Crippen LogP contribution in [0.4, 0.5) is 5.82 Å². The summed E-state index contributed by atoms with van der Waals surface area (Å²) in [6.07, 6.45) is 3.42. The molecule has 146 valence electrons. The molecule has 1 aliphatic heterocycles. The van der Waals surface area contributed by atoms with Gasteiger partial charge in [0.15, 0.2) is 0 Å². The molecule has 0 spiro atoms. The molecule has 7 heteroatoms.